The minimum Gasteiger partial charge on any atom is -0.494 e. The number of benzene rings is 1. The molecule has 0 spiro atoms. The van der Waals surface area contributed by atoms with E-state index in [2.05, 4.69) is 0 Å². The molecule has 0 fully saturated rings. The highest BCUT2D eigenvalue weighted by molar-refractivity contribution is 5.74. The lowest BCUT2D eigenvalue weighted by atomic mass is 10.0. The van der Waals surface area contributed by atoms with Gasteiger partial charge in [-0.05, 0) is 19.9 Å². The molecule has 1 aromatic rings. The molecule has 0 unspecified atom stereocenters. The SMILES string of the molecule is CCOC(=O)Cc1cc([N+](=O)[O-])c(C(F)(F)F)cc1OCC. The van der Waals surface area contributed by atoms with Crippen molar-refractivity contribution in [3.8, 4) is 5.75 Å². The molecule has 1 aromatic carbocycles. The van der Waals surface area contributed by atoms with Crippen molar-refractivity contribution in [1.29, 1.82) is 0 Å². The number of esters is 1. The van der Waals surface area contributed by atoms with E-state index >= 15 is 0 Å². The average molecular weight is 321 g/mol. The molecular weight excluding hydrogens is 307 g/mol. The molecule has 0 saturated carbocycles. The van der Waals surface area contributed by atoms with E-state index in [1.807, 2.05) is 0 Å². The van der Waals surface area contributed by atoms with Crippen LogP contribution in [0.5, 0.6) is 5.75 Å². The summed E-state index contributed by atoms with van der Waals surface area (Å²) < 4.78 is 48.4. The van der Waals surface area contributed by atoms with Crippen LogP contribution < -0.4 is 4.74 Å². The molecule has 0 aliphatic heterocycles. The number of hydrogen-bond donors (Lipinski definition) is 0. The fraction of sp³-hybridized carbons (Fsp3) is 0.462. The number of halogens is 3. The summed E-state index contributed by atoms with van der Waals surface area (Å²) in [6.07, 6.45) is -5.32. The Labute approximate surface area is 124 Å². The zero-order chi connectivity index (χ0) is 16.9. The van der Waals surface area contributed by atoms with E-state index < -0.39 is 34.7 Å². The Kier molecular flexibility index (Phi) is 5.72. The van der Waals surface area contributed by atoms with E-state index in [4.69, 9.17) is 9.47 Å². The number of nitrogens with zero attached hydrogens (tertiary/aromatic N) is 1. The zero-order valence-electron chi connectivity index (χ0n) is 11.9. The normalized spacial score (nSPS) is 11.1. The van der Waals surface area contributed by atoms with E-state index in [1.54, 1.807) is 13.8 Å². The second-order valence-electron chi connectivity index (χ2n) is 4.15. The number of nitro groups is 1. The van der Waals surface area contributed by atoms with Gasteiger partial charge in [-0.1, -0.05) is 0 Å². The molecule has 0 bridgehead atoms. The number of alkyl halides is 3. The van der Waals surface area contributed by atoms with Crippen LogP contribution in [-0.4, -0.2) is 24.1 Å². The predicted molar refractivity (Wildman–Crippen MR) is 69.6 cm³/mol. The van der Waals surface area contributed by atoms with Crippen molar-refractivity contribution < 1.29 is 32.4 Å². The molecule has 9 heteroatoms. The number of hydrogen-bond acceptors (Lipinski definition) is 5. The molecule has 0 amide bonds. The molecule has 6 nitrogen and oxygen atoms in total. The summed E-state index contributed by atoms with van der Waals surface area (Å²) in [5.41, 5.74) is -2.58. The van der Waals surface area contributed by atoms with Gasteiger partial charge in [0.15, 0.2) is 0 Å². The Hall–Kier alpha value is -2.32. The van der Waals surface area contributed by atoms with Gasteiger partial charge in [0.2, 0.25) is 0 Å². The van der Waals surface area contributed by atoms with Crippen LogP contribution in [0.15, 0.2) is 12.1 Å². The lowest BCUT2D eigenvalue weighted by molar-refractivity contribution is -0.388. The average Bonchev–Trinajstić information content (AvgIpc) is 2.39. The quantitative estimate of drug-likeness (QED) is 0.457. The molecule has 0 atom stereocenters. The van der Waals surface area contributed by atoms with E-state index in [0.717, 1.165) is 0 Å². The molecule has 0 aromatic heterocycles. The third-order valence-corrected chi connectivity index (χ3v) is 2.62. The number of carbonyl (C=O) groups excluding carboxylic acids is 1. The summed E-state index contributed by atoms with van der Waals surface area (Å²) in [7, 11) is 0. The Bertz CT molecular complexity index is 572. The first-order chi connectivity index (χ1) is 10.2. The van der Waals surface area contributed by atoms with Gasteiger partial charge in [0.25, 0.3) is 5.69 Å². The molecule has 22 heavy (non-hydrogen) atoms. The van der Waals surface area contributed by atoms with Crippen molar-refractivity contribution in [3.05, 3.63) is 33.4 Å². The third-order valence-electron chi connectivity index (χ3n) is 2.62. The Morgan fingerprint density at radius 1 is 1.27 bits per heavy atom. The van der Waals surface area contributed by atoms with Crippen LogP contribution in [0.25, 0.3) is 0 Å². The summed E-state index contributed by atoms with van der Waals surface area (Å²) in [5, 5.41) is 10.8. The molecule has 1 rings (SSSR count). The minimum atomic E-state index is -4.91. The first-order valence-electron chi connectivity index (χ1n) is 6.37. The zero-order valence-corrected chi connectivity index (χ0v) is 11.9. The molecule has 122 valence electrons. The number of ether oxygens (including phenoxy) is 2. The van der Waals surface area contributed by atoms with E-state index in [0.29, 0.717) is 12.1 Å². The lowest BCUT2D eigenvalue weighted by Crippen LogP contribution is -2.13. The van der Waals surface area contributed by atoms with Gasteiger partial charge < -0.3 is 9.47 Å². The van der Waals surface area contributed by atoms with Gasteiger partial charge in [-0.15, -0.1) is 0 Å². The van der Waals surface area contributed by atoms with Gasteiger partial charge in [-0.25, -0.2) is 0 Å². The van der Waals surface area contributed by atoms with Crippen LogP contribution in [0, 0.1) is 10.1 Å². The van der Waals surface area contributed by atoms with Crippen LogP contribution in [0.2, 0.25) is 0 Å². The summed E-state index contributed by atoms with van der Waals surface area (Å²) in [5.74, 6) is -0.939. The maximum Gasteiger partial charge on any atom is 0.423 e. The van der Waals surface area contributed by atoms with E-state index in [-0.39, 0.29) is 24.5 Å². The van der Waals surface area contributed by atoms with Gasteiger partial charge >= 0.3 is 12.1 Å². The summed E-state index contributed by atoms with van der Waals surface area (Å²) >= 11 is 0. The first-order valence-corrected chi connectivity index (χ1v) is 6.37. The monoisotopic (exact) mass is 321 g/mol. The summed E-state index contributed by atoms with van der Waals surface area (Å²) in [6, 6.07) is 1.24. The Morgan fingerprint density at radius 3 is 2.36 bits per heavy atom. The predicted octanol–water partition coefficient (Wildman–Crippen LogP) is 3.12. The van der Waals surface area contributed by atoms with E-state index in [1.165, 1.54) is 0 Å². The third kappa shape index (κ3) is 4.34. The molecule has 0 aliphatic carbocycles. The summed E-state index contributed by atoms with van der Waals surface area (Å²) in [4.78, 5) is 21.2. The van der Waals surface area contributed by atoms with Crippen molar-refractivity contribution in [2.24, 2.45) is 0 Å². The molecule has 0 saturated heterocycles. The molecule has 0 aliphatic rings. The molecule has 0 N–H and O–H groups in total. The standard InChI is InChI=1S/C13H14F3NO5/c1-3-21-11-7-9(13(14,15)16)10(17(19)20)5-8(11)6-12(18)22-4-2/h5,7H,3-4,6H2,1-2H3. The van der Waals surface area contributed by atoms with Gasteiger partial charge in [0.1, 0.15) is 11.3 Å². The van der Waals surface area contributed by atoms with Gasteiger partial charge in [0.05, 0.1) is 24.6 Å². The highest BCUT2D eigenvalue weighted by atomic mass is 19.4. The van der Waals surface area contributed by atoms with Crippen molar-refractivity contribution in [2.45, 2.75) is 26.4 Å². The fourth-order valence-corrected chi connectivity index (χ4v) is 1.79. The Balaban J connectivity index is 3.39. The molecule has 0 heterocycles. The largest absolute Gasteiger partial charge is 0.494 e. The second-order valence-corrected chi connectivity index (χ2v) is 4.15. The lowest BCUT2D eigenvalue weighted by Gasteiger charge is -2.14. The van der Waals surface area contributed by atoms with E-state index in [9.17, 15) is 28.1 Å². The topological polar surface area (TPSA) is 78.7 Å². The highest BCUT2D eigenvalue weighted by Gasteiger charge is 2.39. The van der Waals surface area contributed by atoms with Crippen LogP contribution in [0.3, 0.4) is 0 Å². The second kappa shape index (κ2) is 7.10. The smallest absolute Gasteiger partial charge is 0.423 e. The van der Waals surface area contributed by atoms with Gasteiger partial charge in [-0.2, -0.15) is 13.2 Å². The van der Waals surface area contributed by atoms with Crippen LogP contribution in [0.1, 0.15) is 25.0 Å². The number of carbonyl (C=O) groups is 1. The van der Waals surface area contributed by atoms with Gasteiger partial charge in [0, 0.05) is 11.6 Å². The molecular formula is C13H14F3NO5. The number of nitro benzene ring substituents is 1. The minimum absolute atomic E-state index is 0.0278. The maximum atomic E-state index is 12.9. The fourth-order valence-electron chi connectivity index (χ4n) is 1.79. The van der Waals surface area contributed by atoms with Crippen molar-refractivity contribution in [2.75, 3.05) is 13.2 Å². The highest BCUT2D eigenvalue weighted by Crippen LogP contribution is 2.40. The van der Waals surface area contributed by atoms with Gasteiger partial charge in [-0.3, -0.25) is 14.9 Å². The van der Waals surface area contributed by atoms with Crippen LogP contribution >= 0.6 is 0 Å². The van der Waals surface area contributed by atoms with Crippen molar-refractivity contribution >= 4 is 11.7 Å². The van der Waals surface area contributed by atoms with Crippen molar-refractivity contribution in [1.82, 2.24) is 0 Å². The summed E-state index contributed by atoms with van der Waals surface area (Å²) in [6.45, 7) is 3.25. The number of rotatable bonds is 6. The Morgan fingerprint density at radius 2 is 1.91 bits per heavy atom. The molecule has 0 radical (unpaired) electrons. The first kappa shape index (κ1) is 17.7. The maximum absolute atomic E-state index is 12.9. The van der Waals surface area contributed by atoms with Crippen molar-refractivity contribution in [3.63, 3.8) is 0 Å². The van der Waals surface area contributed by atoms with Crippen LogP contribution in [0.4, 0.5) is 18.9 Å². The van der Waals surface area contributed by atoms with Crippen LogP contribution in [-0.2, 0) is 22.1 Å².